The molecule has 0 aromatic heterocycles. The van der Waals surface area contributed by atoms with Crippen LogP contribution in [0.15, 0.2) is 35.9 Å². The number of aliphatic hydroxyl groups is 1. The molecule has 0 radical (unpaired) electrons. The van der Waals surface area contributed by atoms with Crippen molar-refractivity contribution in [3.63, 3.8) is 0 Å². The Hall–Kier alpha value is -1.33. The van der Waals surface area contributed by atoms with Gasteiger partial charge in [-0.2, -0.15) is 13.2 Å². The van der Waals surface area contributed by atoms with Crippen molar-refractivity contribution in [2.75, 3.05) is 13.2 Å². The molecule has 0 amide bonds. The number of rotatable bonds is 6. The maximum absolute atomic E-state index is 12.8. The Kier molecular flexibility index (Phi) is 6.56. The standard InChI is InChI=1S/C21H30F3NO/c1-15(2)12-19(25-11-5-6-18(25)14-26)13-20(3,4)16-7-9-17(10-8-16)21(22,23)24/h7-10,12,18-19,26H,5-6,11,13-14H2,1-4H3/t18-,19+/m1/s1. The van der Waals surface area contributed by atoms with Crippen molar-refractivity contribution in [1.29, 1.82) is 0 Å². The van der Waals surface area contributed by atoms with Gasteiger partial charge in [0, 0.05) is 12.1 Å². The summed E-state index contributed by atoms with van der Waals surface area (Å²) in [6, 6.07) is 5.85. The third-order valence-electron chi connectivity index (χ3n) is 5.30. The number of hydrogen-bond acceptors (Lipinski definition) is 2. The van der Waals surface area contributed by atoms with E-state index in [1.807, 2.05) is 0 Å². The van der Waals surface area contributed by atoms with E-state index >= 15 is 0 Å². The fourth-order valence-corrected chi connectivity index (χ4v) is 3.90. The number of halogens is 3. The first kappa shape index (κ1) is 21.0. The summed E-state index contributed by atoms with van der Waals surface area (Å²) in [5.41, 5.74) is 1.22. The molecule has 26 heavy (non-hydrogen) atoms. The molecular weight excluding hydrogens is 339 g/mol. The minimum absolute atomic E-state index is 0.147. The summed E-state index contributed by atoms with van der Waals surface area (Å²) >= 11 is 0. The molecule has 2 nitrogen and oxygen atoms in total. The molecule has 0 bridgehead atoms. The normalized spacial score (nSPS) is 20.2. The number of hydrogen-bond donors (Lipinski definition) is 1. The lowest BCUT2D eigenvalue weighted by atomic mass is 9.78. The largest absolute Gasteiger partial charge is 0.416 e. The van der Waals surface area contributed by atoms with Crippen LogP contribution < -0.4 is 0 Å². The molecule has 1 aromatic rings. The molecule has 5 heteroatoms. The van der Waals surface area contributed by atoms with E-state index in [4.69, 9.17) is 0 Å². The van der Waals surface area contributed by atoms with Gasteiger partial charge in [0.25, 0.3) is 0 Å². The SMILES string of the molecule is CC(C)=C[C@@H](CC(C)(C)c1ccc(C(F)(F)F)cc1)N1CCC[C@@H]1CO. The van der Waals surface area contributed by atoms with Crippen LogP contribution in [0.3, 0.4) is 0 Å². The van der Waals surface area contributed by atoms with Gasteiger partial charge < -0.3 is 5.11 Å². The molecular formula is C21H30F3NO. The molecule has 1 aliphatic heterocycles. The van der Waals surface area contributed by atoms with Crippen molar-refractivity contribution < 1.29 is 18.3 Å². The summed E-state index contributed by atoms with van der Waals surface area (Å²) in [6.07, 6.45) is 0.764. The van der Waals surface area contributed by atoms with Crippen molar-refractivity contribution in [2.24, 2.45) is 0 Å². The molecule has 1 N–H and O–H groups in total. The molecule has 1 aliphatic rings. The zero-order valence-corrected chi connectivity index (χ0v) is 16.1. The fourth-order valence-electron chi connectivity index (χ4n) is 3.90. The lowest BCUT2D eigenvalue weighted by Gasteiger charge is -2.37. The average Bonchev–Trinajstić information content (AvgIpc) is 3.01. The highest BCUT2D eigenvalue weighted by Crippen LogP contribution is 2.35. The summed E-state index contributed by atoms with van der Waals surface area (Å²) in [6.45, 7) is 9.36. The number of benzene rings is 1. The van der Waals surface area contributed by atoms with E-state index in [0.717, 1.165) is 31.4 Å². The predicted molar refractivity (Wildman–Crippen MR) is 99.1 cm³/mol. The van der Waals surface area contributed by atoms with Gasteiger partial charge in [-0.1, -0.05) is 37.6 Å². The lowest BCUT2D eigenvalue weighted by Crippen LogP contribution is -2.43. The van der Waals surface area contributed by atoms with E-state index in [2.05, 4.69) is 38.7 Å². The molecule has 2 atom stereocenters. The highest BCUT2D eigenvalue weighted by atomic mass is 19.4. The van der Waals surface area contributed by atoms with E-state index in [-0.39, 0.29) is 24.1 Å². The van der Waals surface area contributed by atoms with Crippen molar-refractivity contribution >= 4 is 0 Å². The Morgan fingerprint density at radius 1 is 1.19 bits per heavy atom. The van der Waals surface area contributed by atoms with Gasteiger partial charge in [0.2, 0.25) is 0 Å². The third kappa shape index (κ3) is 5.10. The van der Waals surface area contributed by atoms with Crippen LogP contribution in [-0.4, -0.2) is 35.2 Å². The zero-order chi connectivity index (χ0) is 19.5. The first-order chi connectivity index (χ1) is 12.0. The molecule has 2 rings (SSSR count). The van der Waals surface area contributed by atoms with Crippen LogP contribution in [0.2, 0.25) is 0 Å². The minimum Gasteiger partial charge on any atom is -0.395 e. The molecule has 0 aliphatic carbocycles. The Morgan fingerprint density at radius 2 is 1.77 bits per heavy atom. The third-order valence-corrected chi connectivity index (χ3v) is 5.30. The first-order valence-electron chi connectivity index (χ1n) is 9.24. The Labute approximate surface area is 154 Å². The molecule has 1 heterocycles. The second-order valence-electron chi connectivity index (χ2n) is 8.19. The van der Waals surface area contributed by atoms with Crippen LogP contribution >= 0.6 is 0 Å². The summed E-state index contributed by atoms with van der Waals surface area (Å²) < 4.78 is 38.5. The van der Waals surface area contributed by atoms with Gasteiger partial charge in [-0.3, -0.25) is 4.90 Å². The van der Waals surface area contributed by atoms with E-state index < -0.39 is 11.7 Å². The molecule has 1 saturated heterocycles. The van der Waals surface area contributed by atoms with Crippen LogP contribution in [0.4, 0.5) is 13.2 Å². The van der Waals surface area contributed by atoms with Gasteiger partial charge in [-0.15, -0.1) is 0 Å². The highest BCUT2D eigenvalue weighted by Gasteiger charge is 2.34. The Morgan fingerprint density at radius 3 is 2.27 bits per heavy atom. The monoisotopic (exact) mass is 369 g/mol. The quantitative estimate of drug-likeness (QED) is 0.700. The maximum Gasteiger partial charge on any atom is 0.416 e. The van der Waals surface area contributed by atoms with Gasteiger partial charge in [0.05, 0.1) is 12.2 Å². The van der Waals surface area contributed by atoms with Gasteiger partial charge in [-0.25, -0.2) is 0 Å². The van der Waals surface area contributed by atoms with Gasteiger partial charge >= 0.3 is 6.18 Å². The Bertz CT molecular complexity index is 615. The summed E-state index contributed by atoms with van der Waals surface area (Å²) in [7, 11) is 0. The van der Waals surface area contributed by atoms with Crippen molar-refractivity contribution in [3.05, 3.63) is 47.0 Å². The summed E-state index contributed by atoms with van der Waals surface area (Å²) in [4.78, 5) is 2.35. The van der Waals surface area contributed by atoms with Crippen LogP contribution in [0.5, 0.6) is 0 Å². The molecule has 1 aromatic carbocycles. The first-order valence-corrected chi connectivity index (χ1v) is 9.24. The lowest BCUT2D eigenvalue weighted by molar-refractivity contribution is -0.137. The molecule has 1 fully saturated rings. The number of allylic oxidation sites excluding steroid dienone is 1. The van der Waals surface area contributed by atoms with E-state index in [1.54, 1.807) is 12.1 Å². The smallest absolute Gasteiger partial charge is 0.395 e. The van der Waals surface area contributed by atoms with Crippen molar-refractivity contribution in [3.8, 4) is 0 Å². The van der Waals surface area contributed by atoms with E-state index in [9.17, 15) is 18.3 Å². The maximum atomic E-state index is 12.8. The second-order valence-corrected chi connectivity index (χ2v) is 8.19. The predicted octanol–water partition coefficient (Wildman–Crippen LogP) is 5.16. The molecule has 0 unspecified atom stereocenters. The van der Waals surface area contributed by atoms with Gasteiger partial charge in [0.15, 0.2) is 0 Å². The number of alkyl halides is 3. The fraction of sp³-hybridized carbons (Fsp3) is 0.619. The zero-order valence-electron chi connectivity index (χ0n) is 16.1. The number of nitrogens with zero attached hydrogens (tertiary/aromatic N) is 1. The van der Waals surface area contributed by atoms with Gasteiger partial charge in [-0.05, 0) is 62.8 Å². The topological polar surface area (TPSA) is 23.5 Å². The van der Waals surface area contributed by atoms with Crippen LogP contribution in [0.25, 0.3) is 0 Å². The van der Waals surface area contributed by atoms with Crippen LogP contribution in [0.1, 0.15) is 58.1 Å². The molecule has 0 saturated carbocycles. The van der Waals surface area contributed by atoms with Crippen molar-refractivity contribution in [2.45, 2.75) is 70.6 Å². The second kappa shape index (κ2) is 8.13. The van der Waals surface area contributed by atoms with Gasteiger partial charge in [0.1, 0.15) is 0 Å². The summed E-state index contributed by atoms with van der Waals surface area (Å²) in [5, 5.41) is 9.67. The Balaban J connectivity index is 2.24. The van der Waals surface area contributed by atoms with E-state index in [0.29, 0.717) is 0 Å². The molecule has 146 valence electrons. The van der Waals surface area contributed by atoms with Crippen LogP contribution in [-0.2, 0) is 11.6 Å². The van der Waals surface area contributed by atoms with E-state index in [1.165, 1.54) is 17.7 Å². The number of aliphatic hydroxyl groups excluding tert-OH is 1. The molecule has 0 spiro atoms. The number of likely N-dealkylation sites (tertiary alicyclic amines) is 1. The minimum atomic E-state index is -4.31. The highest BCUT2D eigenvalue weighted by molar-refractivity contribution is 5.30. The van der Waals surface area contributed by atoms with Crippen LogP contribution in [0, 0.1) is 0 Å². The van der Waals surface area contributed by atoms with Crippen molar-refractivity contribution in [1.82, 2.24) is 4.90 Å². The summed E-state index contributed by atoms with van der Waals surface area (Å²) in [5.74, 6) is 0. The average molecular weight is 369 g/mol.